The van der Waals surface area contributed by atoms with E-state index in [4.69, 9.17) is 16.3 Å². The molecule has 8 nitrogen and oxygen atoms in total. The number of carbonyl (C=O) groups is 2. The largest absolute Gasteiger partial charge is 0.494 e. The highest BCUT2D eigenvalue weighted by Crippen LogP contribution is 2.38. The Kier molecular flexibility index (Phi) is 6.79. The minimum atomic E-state index is -3.47. The summed E-state index contributed by atoms with van der Waals surface area (Å²) in [6.45, 7) is 1.52. The van der Waals surface area contributed by atoms with Crippen LogP contribution < -0.4 is 20.1 Å². The van der Waals surface area contributed by atoms with Gasteiger partial charge in [0.15, 0.2) is 0 Å². The fourth-order valence-corrected chi connectivity index (χ4v) is 4.64. The summed E-state index contributed by atoms with van der Waals surface area (Å²) in [4.78, 5) is 25.6. The molecule has 0 aromatic heterocycles. The van der Waals surface area contributed by atoms with E-state index in [1.807, 2.05) is 0 Å². The number of benzene rings is 2. The van der Waals surface area contributed by atoms with E-state index in [9.17, 15) is 18.0 Å². The third-order valence-electron chi connectivity index (χ3n) is 4.26. The molecule has 3 rings (SSSR count). The molecule has 0 saturated heterocycles. The molecule has 1 atom stereocenters. The van der Waals surface area contributed by atoms with Crippen molar-refractivity contribution in [2.75, 3.05) is 28.2 Å². The number of nitrogens with one attached hydrogen (secondary N) is 3. The van der Waals surface area contributed by atoms with E-state index in [1.54, 1.807) is 24.3 Å². The van der Waals surface area contributed by atoms with Gasteiger partial charge in [-0.3, -0.25) is 14.3 Å². The molecule has 3 N–H and O–H groups in total. The van der Waals surface area contributed by atoms with Gasteiger partial charge in [0.05, 0.1) is 29.5 Å². The summed E-state index contributed by atoms with van der Waals surface area (Å²) in [5, 5.41) is 5.41. The Hall–Kier alpha value is -2.43. The van der Waals surface area contributed by atoms with E-state index in [-0.39, 0.29) is 35.4 Å². The van der Waals surface area contributed by atoms with Gasteiger partial charge >= 0.3 is 0 Å². The van der Waals surface area contributed by atoms with Crippen LogP contribution in [0, 0.1) is 0 Å². The highest BCUT2D eigenvalue weighted by atomic mass is 35.5. The first kappa shape index (κ1) is 22.3. The maximum atomic E-state index is 12.5. The molecule has 0 fully saturated rings. The highest BCUT2D eigenvalue weighted by molar-refractivity contribution is 8.01. The van der Waals surface area contributed by atoms with Crippen molar-refractivity contribution in [2.45, 2.75) is 23.5 Å². The Morgan fingerprint density at radius 3 is 2.73 bits per heavy atom. The molecule has 30 heavy (non-hydrogen) atoms. The first-order valence-corrected chi connectivity index (χ1v) is 11.9. The van der Waals surface area contributed by atoms with Crippen LogP contribution in [-0.2, 0) is 19.6 Å². The number of fused-ring (bicyclic) bond motifs is 1. The number of thioether (sulfide) groups is 1. The van der Waals surface area contributed by atoms with E-state index in [0.29, 0.717) is 16.4 Å². The first-order chi connectivity index (χ1) is 14.2. The Bertz CT molecular complexity index is 1090. The number of hydrogen-bond acceptors (Lipinski definition) is 6. The van der Waals surface area contributed by atoms with Gasteiger partial charge in [-0.2, -0.15) is 0 Å². The molecule has 160 valence electrons. The van der Waals surface area contributed by atoms with Crippen LogP contribution in [0.1, 0.15) is 13.3 Å². The van der Waals surface area contributed by atoms with Crippen LogP contribution in [0.15, 0.2) is 41.3 Å². The van der Waals surface area contributed by atoms with Crippen molar-refractivity contribution in [3.63, 3.8) is 0 Å². The lowest BCUT2D eigenvalue weighted by Crippen LogP contribution is -2.32. The highest BCUT2D eigenvalue weighted by Gasteiger charge is 2.29. The van der Waals surface area contributed by atoms with Crippen molar-refractivity contribution in [1.29, 1.82) is 0 Å². The van der Waals surface area contributed by atoms with Gasteiger partial charge < -0.3 is 15.4 Å². The number of ether oxygens (including phenoxy) is 1. The molecule has 0 radical (unpaired) electrons. The molecule has 0 bridgehead atoms. The maximum Gasteiger partial charge on any atom is 0.238 e. The summed E-state index contributed by atoms with van der Waals surface area (Å²) < 4.78 is 31.2. The second-order valence-corrected chi connectivity index (χ2v) is 10.1. The van der Waals surface area contributed by atoms with Gasteiger partial charge in [0.1, 0.15) is 5.75 Å². The fourth-order valence-electron chi connectivity index (χ4n) is 2.73. The van der Waals surface area contributed by atoms with Crippen molar-refractivity contribution in [3.8, 4) is 5.75 Å². The average Bonchev–Trinajstić information content (AvgIpc) is 2.69. The number of hydrogen-bond donors (Lipinski definition) is 3. The molecular weight excluding hydrogens is 450 g/mol. The Labute approximate surface area is 183 Å². The van der Waals surface area contributed by atoms with Crippen molar-refractivity contribution in [2.24, 2.45) is 0 Å². The van der Waals surface area contributed by atoms with Crippen LogP contribution in [0.5, 0.6) is 5.75 Å². The minimum Gasteiger partial charge on any atom is -0.494 e. The molecule has 1 aliphatic rings. The van der Waals surface area contributed by atoms with Crippen LogP contribution >= 0.6 is 23.4 Å². The lowest BCUT2D eigenvalue weighted by atomic mass is 10.2. The van der Waals surface area contributed by atoms with E-state index in [1.165, 1.54) is 37.9 Å². The summed E-state index contributed by atoms with van der Waals surface area (Å²) in [7, 11) is -2.07. The van der Waals surface area contributed by atoms with Crippen molar-refractivity contribution >= 4 is 62.3 Å². The number of carbonyl (C=O) groups excluding carboxylic acids is 2. The summed E-state index contributed by atoms with van der Waals surface area (Å²) in [5.41, 5.74) is 1.32. The number of rotatable bonds is 7. The van der Waals surface area contributed by atoms with Crippen LogP contribution in [-0.4, -0.2) is 38.3 Å². The second-order valence-electron chi connectivity index (χ2n) is 6.41. The standard InChI is InChI=1S/C19H20ClN3O5S2/c1-3-30(26,27)23-13-6-5-12(9-15(13)28-2)21-18(24)10-17-19(25)22-14-8-11(20)4-7-16(14)29-17/h4-9,17,23H,3,10H2,1-2H3,(H,21,24)(H,22,25). The monoisotopic (exact) mass is 469 g/mol. The fraction of sp³-hybridized carbons (Fsp3) is 0.263. The van der Waals surface area contributed by atoms with Crippen LogP contribution in [0.4, 0.5) is 17.1 Å². The lowest BCUT2D eigenvalue weighted by Gasteiger charge is -2.23. The zero-order valence-electron chi connectivity index (χ0n) is 16.2. The van der Waals surface area contributed by atoms with E-state index in [2.05, 4.69) is 15.4 Å². The molecule has 2 aromatic rings. The average molecular weight is 470 g/mol. The maximum absolute atomic E-state index is 12.5. The number of halogens is 1. The summed E-state index contributed by atoms with van der Waals surface area (Å²) >= 11 is 7.24. The van der Waals surface area contributed by atoms with E-state index >= 15 is 0 Å². The van der Waals surface area contributed by atoms with Crippen LogP contribution in [0.2, 0.25) is 5.02 Å². The normalized spacial score (nSPS) is 15.7. The topological polar surface area (TPSA) is 114 Å². The van der Waals surface area contributed by atoms with Gasteiger partial charge in [-0.1, -0.05) is 11.6 Å². The molecule has 1 aliphatic heterocycles. The summed E-state index contributed by atoms with van der Waals surface area (Å²) in [6, 6.07) is 9.76. The van der Waals surface area contributed by atoms with Gasteiger partial charge in [-0.05, 0) is 37.3 Å². The third-order valence-corrected chi connectivity index (χ3v) is 7.06. The van der Waals surface area contributed by atoms with Crippen molar-refractivity contribution < 1.29 is 22.7 Å². The van der Waals surface area contributed by atoms with Crippen LogP contribution in [0.25, 0.3) is 0 Å². The Morgan fingerprint density at radius 2 is 2.03 bits per heavy atom. The van der Waals surface area contributed by atoms with Gasteiger partial charge in [0.2, 0.25) is 21.8 Å². The molecule has 2 aromatic carbocycles. The third kappa shape index (κ3) is 5.38. The molecule has 0 aliphatic carbocycles. The number of methoxy groups -OCH3 is 1. The number of anilines is 3. The first-order valence-electron chi connectivity index (χ1n) is 8.96. The Morgan fingerprint density at radius 1 is 1.27 bits per heavy atom. The SMILES string of the molecule is CCS(=O)(=O)Nc1ccc(NC(=O)CC2Sc3ccc(Cl)cc3NC2=O)cc1OC. The Balaban J connectivity index is 1.67. The summed E-state index contributed by atoms with van der Waals surface area (Å²) in [5.74, 6) is -0.443. The smallest absolute Gasteiger partial charge is 0.238 e. The quantitative estimate of drug-likeness (QED) is 0.571. The predicted molar refractivity (Wildman–Crippen MR) is 119 cm³/mol. The molecule has 2 amide bonds. The zero-order chi connectivity index (χ0) is 21.9. The molecular formula is C19H20ClN3O5S2. The lowest BCUT2D eigenvalue weighted by molar-refractivity contribution is -0.120. The van der Waals surface area contributed by atoms with Gasteiger partial charge in [-0.25, -0.2) is 8.42 Å². The molecule has 1 unspecified atom stereocenters. The van der Waals surface area contributed by atoms with Gasteiger partial charge in [0.25, 0.3) is 0 Å². The minimum absolute atomic E-state index is 0.0366. The predicted octanol–water partition coefficient (Wildman–Crippen LogP) is 3.55. The summed E-state index contributed by atoms with van der Waals surface area (Å²) in [6.07, 6.45) is -0.0366. The molecule has 0 saturated carbocycles. The molecule has 0 spiro atoms. The molecule has 1 heterocycles. The number of amides is 2. The van der Waals surface area contributed by atoms with Crippen LogP contribution in [0.3, 0.4) is 0 Å². The zero-order valence-corrected chi connectivity index (χ0v) is 18.6. The second kappa shape index (κ2) is 9.15. The number of sulfonamides is 1. The van der Waals surface area contributed by atoms with E-state index in [0.717, 1.165) is 4.90 Å². The molecule has 11 heteroatoms. The van der Waals surface area contributed by atoms with Gasteiger partial charge in [0, 0.05) is 28.1 Å². The van der Waals surface area contributed by atoms with Crippen molar-refractivity contribution in [3.05, 3.63) is 41.4 Å². The van der Waals surface area contributed by atoms with Gasteiger partial charge in [-0.15, -0.1) is 11.8 Å². The van der Waals surface area contributed by atoms with E-state index < -0.39 is 15.3 Å². The van der Waals surface area contributed by atoms with Crippen molar-refractivity contribution in [1.82, 2.24) is 0 Å².